The van der Waals surface area contributed by atoms with Gasteiger partial charge in [-0.05, 0) is 51.6 Å². The molecule has 2 aliphatic rings. The molecule has 0 aromatic heterocycles. The first-order chi connectivity index (χ1) is 10.1. The summed E-state index contributed by atoms with van der Waals surface area (Å²) in [5.74, 6) is 2.40. The molecule has 130 valence electrons. The van der Waals surface area contributed by atoms with E-state index in [9.17, 15) is 0 Å². The zero-order valence-electron chi connectivity index (χ0n) is 14.6. The van der Waals surface area contributed by atoms with Crippen LogP contribution in [0.3, 0.4) is 0 Å². The summed E-state index contributed by atoms with van der Waals surface area (Å²) in [5.41, 5.74) is 6.23. The Labute approximate surface area is 153 Å². The standard InChI is InChI=1S/C17H34N4.HI/c1-14-9-11-21(12-10-14)17(18)19-13-16(20(2)3)15-7-5-4-6-8-15;/h14-16H,4-13H2,1-3H3,(H2,18,19);1H. The lowest BCUT2D eigenvalue weighted by Crippen LogP contribution is -2.44. The number of nitrogens with two attached hydrogens (primary N) is 1. The molecule has 0 aromatic rings. The third-order valence-electron chi connectivity index (χ3n) is 5.41. The molecule has 1 saturated heterocycles. The molecule has 1 aliphatic carbocycles. The predicted molar refractivity (Wildman–Crippen MR) is 106 cm³/mol. The van der Waals surface area contributed by atoms with Crippen molar-refractivity contribution in [3.05, 3.63) is 0 Å². The summed E-state index contributed by atoms with van der Waals surface area (Å²) in [4.78, 5) is 9.37. The van der Waals surface area contributed by atoms with Crippen LogP contribution >= 0.6 is 24.0 Å². The number of guanidine groups is 1. The van der Waals surface area contributed by atoms with E-state index in [2.05, 4.69) is 30.8 Å². The Hall–Kier alpha value is -0.0400. The van der Waals surface area contributed by atoms with E-state index in [0.717, 1.165) is 37.4 Å². The molecule has 0 bridgehead atoms. The fourth-order valence-electron chi connectivity index (χ4n) is 3.78. The van der Waals surface area contributed by atoms with Gasteiger partial charge in [0, 0.05) is 19.1 Å². The molecule has 2 N–H and O–H groups in total. The van der Waals surface area contributed by atoms with Crippen molar-refractivity contribution < 1.29 is 0 Å². The summed E-state index contributed by atoms with van der Waals surface area (Å²) in [6.45, 7) is 5.34. The highest BCUT2D eigenvalue weighted by molar-refractivity contribution is 14.0. The lowest BCUT2D eigenvalue weighted by atomic mass is 9.83. The van der Waals surface area contributed by atoms with Gasteiger partial charge in [-0.1, -0.05) is 26.2 Å². The summed E-state index contributed by atoms with van der Waals surface area (Å²) < 4.78 is 0. The van der Waals surface area contributed by atoms with E-state index >= 15 is 0 Å². The van der Waals surface area contributed by atoms with Crippen LogP contribution in [-0.2, 0) is 0 Å². The van der Waals surface area contributed by atoms with Gasteiger partial charge in [0.2, 0.25) is 0 Å². The molecule has 0 aromatic carbocycles. The number of nitrogens with zero attached hydrogens (tertiary/aromatic N) is 3. The summed E-state index contributed by atoms with van der Waals surface area (Å²) in [7, 11) is 4.38. The van der Waals surface area contributed by atoms with E-state index in [4.69, 9.17) is 10.7 Å². The van der Waals surface area contributed by atoms with Crippen molar-refractivity contribution in [2.45, 2.75) is 57.9 Å². The highest BCUT2D eigenvalue weighted by Crippen LogP contribution is 2.28. The largest absolute Gasteiger partial charge is 0.370 e. The molecule has 4 nitrogen and oxygen atoms in total. The summed E-state index contributed by atoms with van der Waals surface area (Å²) in [6.07, 6.45) is 9.40. The Kier molecular flexibility index (Phi) is 9.05. The number of halogens is 1. The van der Waals surface area contributed by atoms with Crippen LogP contribution in [0.4, 0.5) is 0 Å². The fourth-order valence-corrected chi connectivity index (χ4v) is 3.78. The van der Waals surface area contributed by atoms with Crippen LogP contribution in [0, 0.1) is 11.8 Å². The van der Waals surface area contributed by atoms with Crippen LogP contribution in [0.25, 0.3) is 0 Å². The van der Waals surface area contributed by atoms with Crippen LogP contribution in [0.2, 0.25) is 0 Å². The summed E-state index contributed by atoms with van der Waals surface area (Å²) in [6, 6.07) is 0.549. The lowest BCUT2D eigenvalue weighted by Gasteiger charge is -2.35. The van der Waals surface area contributed by atoms with E-state index in [1.54, 1.807) is 0 Å². The van der Waals surface area contributed by atoms with E-state index in [-0.39, 0.29) is 24.0 Å². The predicted octanol–water partition coefficient (Wildman–Crippen LogP) is 3.16. The fraction of sp³-hybridized carbons (Fsp3) is 0.941. The van der Waals surface area contributed by atoms with E-state index in [0.29, 0.717) is 6.04 Å². The number of likely N-dealkylation sites (tertiary alicyclic amines) is 1. The minimum atomic E-state index is 0. The van der Waals surface area contributed by atoms with Gasteiger partial charge in [-0.2, -0.15) is 0 Å². The van der Waals surface area contributed by atoms with Gasteiger partial charge in [0.25, 0.3) is 0 Å². The first-order valence-electron chi connectivity index (χ1n) is 8.79. The number of likely N-dealkylation sites (N-methyl/N-ethyl adjacent to an activating group) is 1. The van der Waals surface area contributed by atoms with Crippen molar-refractivity contribution in [2.24, 2.45) is 22.6 Å². The number of rotatable bonds is 4. The van der Waals surface area contributed by atoms with Gasteiger partial charge < -0.3 is 15.5 Å². The Balaban J connectivity index is 0.00000242. The van der Waals surface area contributed by atoms with Gasteiger partial charge in [-0.25, -0.2) is 0 Å². The van der Waals surface area contributed by atoms with Gasteiger partial charge in [0.05, 0.1) is 6.54 Å². The van der Waals surface area contributed by atoms with Crippen LogP contribution in [-0.4, -0.2) is 55.5 Å². The monoisotopic (exact) mass is 422 g/mol. The molecule has 2 rings (SSSR count). The van der Waals surface area contributed by atoms with Gasteiger partial charge in [0.1, 0.15) is 0 Å². The van der Waals surface area contributed by atoms with Crippen LogP contribution in [0.5, 0.6) is 0 Å². The molecule has 22 heavy (non-hydrogen) atoms. The second kappa shape index (κ2) is 9.96. The number of piperidine rings is 1. The van der Waals surface area contributed by atoms with Crippen LogP contribution < -0.4 is 5.73 Å². The average molecular weight is 422 g/mol. The molecule has 1 aliphatic heterocycles. The Bertz CT molecular complexity index is 332. The van der Waals surface area contributed by atoms with Crippen LogP contribution in [0.15, 0.2) is 4.99 Å². The van der Waals surface area contributed by atoms with Crippen molar-refractivity contribution in [2.75, 3.05) is 33.7 Å². The maximum atomic E-state index is 6.23. The molecular weight excluding hydrogens is 387 g/mol. The molecule has 5 heteroatoms. The zero-order valence-corrected chi connectivity index (χ0v) is 17.0. The average Bonchev–Trinajstić information content (AvgIpc) is 2.48. The Morgan fingerprint density at radius 2 is 1.73 bits per heavy atom. The third kappa shape index (κ3) is 5.87. The molecule has 1 unspecified atom stereocenters. The first-order valence-corrected chi connectivity index (χ1v) is 8.79. The maximum Gasteiger partial charge on any atom is 0.191 e. The summed E-state index contributed by atoms with van der Waals surface area (Å²) in [5, 5.41) is 0. The maximum absolute atomic E-state index is 6.23. The molecule has 1 heterocycles. The van der Waals surface area contributed by atoms with Crippen molar-refractivity contribution in [1.82, 2.24) is 9.80 Å². The minimum Gasteiger partial charge on any atom is -0.370 e. The van der Waals surface area contributed by atoms with Crippen molar-refractivity contribution >= 4 is 29.9 Å². The lowest BCUT2D eigenvalue weighted by molar-refractivity contribution is 0.175. The van der Waals surface area contributed by atoms with E-state index in [1.165, 1.54) is 44.9 Å². The molecule has 2 fully saturated rings. The van der Waals surface area contributed by atoms with Gasteiger partial charge in [-0.3, -0.25) is 4.99 Å². The molecule has 1 atom stereocenters. The highest BCUT2D eigenvalue weighted by Gasteiger charge is 2.25. The van der Waals surface area contributed by atoms with Crippen molar-refractivity contribution in [1.29, 1.82) is 0 Å². The topological polar surface area (TPSA) is 44.9 Å². The van der Waals surface area contributed by atoms with Crippen LogP contribution in [0.1, 0.15) is 51.9 Å². The normalized spacial score (nSPS) is 23.5. The highest BCUT2D eigenvalue weighted by atomic mass is 127. The number of hydrogen-bond donors (Lipinski definition) is 1. The minimum absolute atomic E-state index is 0. The molecular formula is C17H35IN4. The molecule has 1 saturated carbocycles. The van der Waals surface area contributed by atoms with Gasteiger partial charge in [0.15, 0.2) is 5.96 Å². The van der Waals surface area contributed by atoms with Gasteiger partial charge >= 0.3 is 0 Å². The van der Waals surface area contributed by atoms with Crippen molar-refractivity contribution in [3.8, 4) is 0 Å². The number of hydrogen-bond acceptors (Lipinski definition) is 2. The Morgan fingerprint density at radius 1 is 1.14 bits per heavy atom. The number of aliphatic imine (C=N–C) groups is 1. The third-order valence-corrected chi connectivity index (χ3v) is 5.41. The zero-order chi connectivity index (χ0) is 15.2. The smallest absolute Gasteiger partial charge is 0.191 e. The molecule has 0 amide bonds. The van der Waals surface area contributed by atoms with E-state index < -0.39 is 0 Å². The molecule has 0 radical (unpaired) electrons. The van der Waals surface area contributed by atoms with E-state index in [1.807, 2.05) is 0 Å². The van der Waals surface area contributed by atoms with Crippen molar-refractivity contribution in [3.63, 3.8) is 0 Å². The first kappa shape index (κ1) is 20.0. The second-order valence-electron chi connectivity index (χ2n) is 7.30. The Morgan fingerprint density at radius 3 is 2.27 bits per heavy atom. The molecule has 0 spiro atoms. The van der Waals surface area contributed by atoms with Gasteiger partial charge in [-0.15, -0.1) is 24.0 Å². The summed E-state index contributed by atoms with van der Waals surface area (Å²) >= 11 is 0. The quantitative estimate of drug-likeness (QED) is 0.430. The SMILES string of the molecule is CC1CCN(C(N)=NCC(C2CCCCC2)N(C)C)CC1.I. The second-order valence-corrected chi connectivity index (χ2v) is 7.30.